The number of nitrogens with one attached hydrogen (secondary N) is 2. The molecule has 0 saturated heterocycles. The summed E-state index contributed by atoms with van der Waals surface area (Å²) in [7, 11) is 0. The van der Waals surface area contributed by atoms with Crippen LogP contribution in [0.5, 0.6) is 0 Å². The van der Waals surface area contributed by atoms with Gasteiger partial charge in [-0.15, -0.1) is 0 Å². The molecule has 17 heavy (non-hydrogen) atoms. The fourth-order valence-electron chi connectivity index (χ4n) is 1.20. The first-order chi connectivity index (χ1) is 8.15. The molecule has 92 valence electrons. The van der Waals surface area contributed by atoms with Crippen molar-refractivity contribution in [3.63, 3.8) is 0 Å². The zero-order valence-corrected chi connectivity index (χ0v) is 11.2. The number of anilines is 2. The molecule has 0 radical (unpaired) electrons. The van der Waals surface area contributed by atoms with Gasteiger partial charge < -0.3 is 10.6 Å². The number of hydrogen-bond donors (Lipinski definition) is 2. The fourth-order valence-corrected chi connectivity index (χ4v) is 1.56. The van der Waals surface area contributed by atoms with Gasteiger partial charge in [-0.05, 0) is 24.3 Å². The average molecular weight is 299 g/mol. The molecular formula is C12H15BrN2O2. The summed E-state index contributed by atoms with van der Waals surface area (Å²) in [6, 6.07) is 7.05. The first-order valence-electron chi connectivity index (χ1n) is 5.41. The third-order valence-electron chi connectivity index (χ3n) is 2.10. The van der Waals surface area contributed by atoms with Crippen LogP contribution in [-0.2, 0) is 9.59 Å². The van der Waals surface area contributed by atoms with Gasteiger partial charge in [-0.2, -0.15) is 0 Å². The molecular weight excluding hydrogens is 284 g/mol. The number of halogens is 1. The highest BCUT2D eigenvalue weighted by atomic mass is 79.9. The quantitative estimate of drug-likeness (QED) is 0.821. The summed E-state index contributed by atoms with van der Waals surface area (Å²) in [5.41, 5.74) is 1.46. The summed E-state index contributed by atoms with van der Waals surface area (Å²) in [5, 5.41) is 6.14. The SMILES string of the molecule is CCC(=O)Nc1ccc(NC(=O)CCBr)cc1. The summed E-state index contributed by atoms with van der Waals surface area (Å²) >= 11 is 3.20. The molecule has 0 unspecified atom stereocenters. The molecule has 0 aromatic heterocycles. The lowest BCUT2D eigenvalue weighted by atomic mass is 10.2. The molecule has 0 bridgehead atoms. The minimum absolute atomic E-state index is 0.0268. The van der Waals surface area contributed by atoms with Crippen molar-refractivity contribution in [1.82, 2.24) is 0 Å². The van der Waals surface area contributed by atoms with Gasteiger partial charge in [-0.3, -0.25) is 9.59 Å². The third-order valence-corrected chi connectivity index (χ3v) is 2.49. The van der Waals surface area contributed by atoms with Gasteiger partial charge in [-0.25, -0.2) is 0 Å². The van der Waals surface area contributed by atoms with Crippen molar-refractivity contribution in [2.75, 3.05) is 16.0 Å². The second-order valence-corrected chi connectivity index (χ2v) is 4.26. The van der Waals surface area contributed by atoms with Crippen LogP contribution in [0.15, 0.2) is 24.3 Å². The Hall–Kier alpha value is -1.36. The van der Waals surface area contributed by atoms with E-state index in [1.54, 1.807) is 31.2 Å². The van der Waals surface area contributed by atoms with E-state index >= 15 is 0 Å². The van der Waals surface area contributed by atoms with Crippen LogP contribution in [0.4, 0.5) is 11.4 Å². The molecule has 0 fully saturated rings. The summed E-state index contributed by atoms with van der Waals surface area (Å²) < 4.78 is 0. The Morgan fingerprint density at radius 2 is 1.53 bits per heavy atom. The van der Waals surface area contributed by atoms with Gasteiger partial charge in [-0.1, -0.05) is 22.9 Å². The van der Waals surface area contributed by atoms with E-state index < -0.39 is 0 Å². The number of carbonyl (C=O) groups excluding carboxylic acids is 2. The summed E-state index contributed by atoms with van der Waals surface area (Å²) in [4.78, 5) is 22.5. The van der Waals surface area contributed by atoms with E-state index in [2.05, 4.69) is 26.6 Å². The second kappa shape index (κ2) is 7.06. The lowest BCUT2D eigenvalue weighted by Gasteiger charge is -2.06. The first-order valence-corrected chi connectivity index (χ1v) is 6.53. The molecule has 4 nitrogen and oxygen atoms in total. The Bertz CT molecular complexity index is 390. The van der Waals surface area contributed by atoms with Gasteiger partial charge in [0.05, 0.1) is 0 Å². The molecule has 1 aromatic rings. The predicted octanol–water partition coefficient (Wildman–Crippen LogP) is 2.76. The van der Waals surface area contributed by atoms with E-state index in [0.29, 0.717) is 18.2 Å². The van der Waals surface area contributed by atoms with Crippen LogP contribution in [0.1, 0.15) is 19.8 Å². The zero-order valence-electron chi connectivity index (χ0n) is 9.63. The highest BCUT2D eigenvalue weighted by molar-refractivity contribution is 9.09. The van der Waals surface area contributed by atoms with Crippen LogP contribution >= 0.6 is 15.9 Å². The Labute approximate surface area is 109 Å². The normalized spacial score (nSPS) is 9.76. The van der Waals surface area contributed by atoms with E-state index in [-0.39, 0.29) is 11.8 Å². The van der Waals surface area contributed by atoms with E-state index in [4.69, 9.17) is 0 Å². The zero-order chi connectivity index (χ0) is 12.7. The molecule has 2 amide bonds. The van der Waals surface area contributed by atoms with Crippen molar-refractivity contribution in [2.24, 2.45) is 0 Å². The molecule has 0 heterocycles. The number of rotatable bonds is 5. The maximum Gasteiger partial charge on any atom is 0.225 e. The number of amides is 2. The van der Waals surface area contributed by atoms with Crippen LogP contribution in [0.25, 0.3) is 0 Å². The van der Waals surface area contributed by atoms with Crippen molar-refractivity contribution in [1.29, 1.82) is 0 Å². The smallest absolute Gasteiger partial charge is 0.225 e. The van der Waals surface area contributed by atoms with Gasteiger partial charge in [0.25, 0.3) is 0 Å². The molecule has 0 aliphatic heterocycles. The highest BCUT2D eigenvalue weighted by Crippen LogP contribution is 2.14. The first kappa shape index (κ1) is 13.7. The van der Waals surface area contributed by atoms with E-state index in [9.17, 15) is 9.59 Å². The molecule has 0 atom stereocenters. The van der Waals surface area contributed by atoms with Crippen LogP contribution in [-0.4, -0.2) is 17.1 Å². The monoisotopic (exact) mass is 298 g/mol. The van der Waals surface area contributed by atoms with Crippen molar-refractivity contribution < 1.29 is 9.59 Å². The van der Waals surface area contributed by atoms with Gasteiger partial charge in [0.2, 0.25) is 11.8 Å². The maximum atomic E-state index is 11.3. The van der Waals surface area contributed by atoms with Crippen molar-refractivity contribution in [3.8, 4) is 0 Å². The molecule has 5 heteroatoms. The van der Waals surface area contributed by atoms with Crippen LogP contribution < -0.4 is 10.6 Å². The molecule has 1 aromatic carbocycles. The number of hydrogen-bond acceptors (Lipinski definition) is 2. The molecule has 0 spiro atoms. The predicted molar refractivity (Wildman–Crippen MR) is 72.4 cm³/mol. The summed E-state index contributed by atoms with van der Waals surface area (Å²) in [6.07, 6.45) is 0.887. The van der Waals surface area contributed by atoms with Crippen molar-refractivity contribution >= 4 is 39.1 Å². The number of benzene rings is 1. The third kappa shape index (κ3) is 4.99. The topological polar surface area (TPSA) is 58.2 Å². The lowest BCUT2D eigenvalue weighted by Crippen LogP contribution is -2.12. The Balaban J connectivity index is 2.55. The van der Waals surface area contributed by atoms with Crippen molar-refractivity contribution in [2.45, 2.75) is 19.8 Å². The number of alkyl halides is 1. The van der Waals surface area contributed by atoms with Gasteiger partial charge in [0.1, 0.15) is 0 Å². The second-order valence-electron chi connectivity index (χ2n) is 3.47. The van der Waals surface area contributed by atoms with Gasteiger partial charge >= 0.3 is 0 Å². The Morgan fingerprint density at radius 3 is 1.94 bits per heavy atom. The largest absolute Gasteiger partial charge is 0.326 e. The summed E-state index contributed by atoms with van der Waals surface area (Å²) in [6.45, 7) is 1.80. The average Bonchev–Trinajstić information content (AvgIpc) is 2.32. The maximum absolute atomic E-state index is 11.3. The molecule has 0 aliphatic rings. The lowest BCUT2D eigenvalue weighted by molar-refractivity contribution is -0.116. The highest BCUT2D eigenvalue weighted by Gasteiger charge is 2.02. The Kier molecular flexibility index (Phi) is 5.69. The van der Waals surface area contributed by atoms with Crippen molar-refractivity contribution in [3.05, 3.63) is 24.3 Å². The molecule has 0 aliphatic carbocycles. The van der Waals surface area contributed by atoms with E-state index in [1.165, 1.54) is 0 Å². The summed E-state index contributed by atoms with van der Waals surface area (Å²) in [5.74, 6) is -0.0618. The molecule has 2 N–H and O–H groups in total. The van der Waals surface area contributed by atoms with Crippen LogP contribution in [0.3, 0.4) is 0 Å². The van der Waals surface area contributed by atoms with Gasteiger partial charge in [0.15, 0.2) is 0 Å². The van der Waals surface area contributed by atoms with Crippen LogP contribution in [0.2, 0.25) is 0 Å². The van der Waals surface area contributed by atoms with Crippen LogP contribution in [0, 0.1) is 0 Å². The van der Waals surface area contributed by atoms with E-state index in [1.807, 2.05) is 0 Å². The van der Waals surface area contributed by atoms with Gasteiger partial charge in [0, 0.05) is 29.5 Å². The minimum Gasteiger partial charge on any atom is -0.326 e. The Morgan fingerprint density at radius 1 is 1.06 bits per heavy atom. The van der Waals surface area contributed by atoms with E-state index in [0.717, 1.165) is 11.4 Å². The molecule has 1 rings (SSSR count). The fraction of sp³-hybridized carbons (Fsp3) is 0.333. The standard InChI is InChI=1S/C12H15BrN2O2/c1-2-11(16)14-9-3-5-10(6-4-9)15-12(17)7-8-13/h3-6H,2,7-8H2,1H3,(H,14,16)(H,15,17). The minimum atomic E-state index is -0.0350. The molecule has 0 saturated carbocycles. The number of carbonyl (C=O) groups is 2.